The van der Waals surface area contributed by atoms with E-state index in [1.54, 1.807) is 0 Å². The fraction of sp³-hybridized carbons (Fsp3) is 0.667. The average molecular weight is 222 g/mol. The zero-order valence-electron chi connectivity index (χ0n) is 10.5. The quantitative estimate of drug-likeness (QED) is 0.794. The van der Waals surface area contributed by atoms with Crippen molar-refractivity contribution >= 4 is 5.95 Å². The van der Waals surface area contributed by atoms with Crippen LogP contribution in [-0.2, 0) is 6.42 Å². The van der Waals surface area contributed by atoms with Gasteiger partial charge >= 0.3 is 0 Å². The van der Waals surface area contributed by atoms with Crippen molar-refractivity contribution in [1.82, 2.24) is 9.97 Å². The molecule has 1 heterocycles. The molecule has 1 unspecified atom stereocenters. The van der Waals surface area contributed by atoms with Crippen LogP contribution in [0.1, 0.15) is 32.9 Å². The van der Waals surface area contributed by atoms with Crippen molar-refractivity contribution < 1.29 is 0 Å². The number of aryl methyl sites for hydroxylation is 1. The maximum absolute atomic E-state index is 5.63. The van der Waals surface area contributed by atoms with Gasteiger partial charge in [-0.2, -0.15) is 0 Å². The first-order valence-electron chi connectivity index (χ1n) is 6.01. The van der Waals surface area contributed by atoms with E-state index in [0.29, 0.717) is 12.6 Å². The van der Waals surface area contributed by atoms with Gasteiger partial charge in [-0.1, -0.05) is 13.8 Å². The summed E-state index contributed by atoms with van der Waals surface area (Å²) < 4.78 is 0. The summed E-state index contributed by atoms with van der Waals surface area (Å²) in [5.41, 5.74) is 6.71. The molecule has 1 aromatic rings. The second-order valence-corrected chi connectivity index (χ2v) is 3.94. The zero-order chi connectivity index (χ0) is 12.0. The van der Waals surface area contributed by atoms with Crippen LogP contribution in [0.25, 0.3) is 0 Å². The molecular formula is C12H22N4. The van der Waals surface area contributed by atoms with Crippen LogP contribution in [0.15, 0.2) is 12.3 Å². The smallest absolute Gasteiger partial charge is 0.225 e. The normalized spacial score (nSPS) is 12.5. The molecule has 16 heavy (non-hydrogen) atoms. The van der Waals surface area contributed by atoms with Crippen LogP contribution in [0.5, 0.6) is 0 Å². The summed E-state index contributed by atoms with van der Waals surface area (Å²) in [5.74, 6) is 0.805. The summed E-state index contributed by atoms with van der Waals surface area (Å²) in [6.07, 6.45) is 3.83. The number of anilines is 1. The van der Waals surface area contributed by atoms with E-state index < -0.39 is 0 Å². The second-order valence-electron chi connectivity index (χ2n) is 3.94. The molecular weight excluding hydrogens is 200 g/mol. The van der Waals surface area contributed by atoms with Gasteiger partial charge in [0, 0.05) is 31.0 Å². The monoisotopic (exact) mass is 222 g/mol. The molecule has 0 saturated heterocycles. The van der Waals surface area contributed by atoms with E-state index in [4.69, 9.17) is 5.73 Å². The Kier molecular flexibility index (Phi) is 5.19. The molecule has 1 aromatic heterocycles. The van der Waals surface area contributed by atoms with Gasteiger partial charge < -0.3 is 10.6 Å². The Morgan fingerprint density at radius 2 is 2.19 bits per heavy atom. The van der Waals surface area contributed by atoms with Crippen molar-refractivity contribution in [2.45, 2.75) is 39.7 Å². The molecule has 2 N–H and O–H groups in total. The van der Waals surface area contributed by atoms with E-state index in [2.05, 4.69) is 35.6 Å². The molecule has 0 fully saturated rings. The summed E-state index contributed by atoms with van der Waals surface area (Å²) in [7, 11) is 0. The summed E-state index contributed by atoms with van der Waals surface area (Å²) in [4.78, 5) is 11.1. The minimum Gasteiger partial charge on any atom is -0.337 e. The molecule has 0 saturated carbocycles. The van der Waals surface area contributed by atoms with Gasteiger partial charge in [0.05, 0.1) is 0 Å². The maximum Gasteiger partial charge on any atom is 0.225 e. The lowest BCUT2D eigenvalue weighted by Crippen LogP contribution is -2.38. The average Bonchev–Trinajstić information content (AvgIpc) is 2.35. The maximum atomic E-state index is 5.63. The SMILES string of the molecule is CCc1ccnc(N(CCN)C(C)CC)n1. The van der Waals surface area contributed by atoms with Gasteiger partial charge in [-0.05, 0) is 25.8 Å². The van der Waals surface area contributed by atoms with Crippen LogP contribution in [-0.4, -0.2) is 29.1 Å². The van der Waals surface area contributed by atoms with Gasteiger partial charge in [0.25, 0.3) is 0 Å². The topological polar surface area (TPSA) is 55.0 Å². The van der Waals surface area contributed by atoms with Gasteiger partial charge in [-0.25, -0.2) is 9.97 Å². The molecule has 0 aliphatic heterocycles. The highest BCUT2D eigenvalue weighted by Crippen LogP contribution is 2.13. The lowest BCUT2D eigenvalue weighted by Gasteiger charge is -2.28. The molecule has 1 atom stereocenters. The third-order valence-electron chi connectivity index (χ3n) is 2.81. The van der Waals surface area contributed by atoms with E-state index >= 15 is 0 Å². The molecule has 0 bridgehead atoms. The summed E-state index contributed by atoms with van der Waals surface area (Å²) in [6, 6.07) is 2.39. The number of hydrogen-bond acceptors (Lipinski definition) is 4. The van der Waals surface area contributed by atoms with Crippen molar-refractivity contribution in [3.8, 4) is 0 Å². The Balaban J connectivity index is 2.90. The Labute approximate surface area is 97.9 Å². The van der Waals surface area contributed by atoms with Crippen LogP contribution < -0.4 is 10.6 Å². The number of nitrogens with two attached hydrogens (primary N) is 1. The highest BCUT2D eigenvalue weighted by Gasteiger charge is 2.14. The van der Waals surface area contributed by atoms with E-state index in [9.17, 15) is 0 Å². The number of nitrogens with zero attached hydrogens (tertiary/aromatic N) is 3. The van der Waals surface area contributed by atoms with Crippen molar-refractivity contribution in [1.29, 1.82) is 0 Å². The van der Waals surface area contributed by atoms with Crippen LogP contribution in [0.2, 0.25) is 0 Å². The standard InChI is InChI=1S/C12H22N4/c1-4-10(3)16(9-7-13)12-14-8-6-11(5-2)15-12/h6,8,10H,4-5,7,9,13H2,1-3H3. The summed E-state index contributed by atoms with van der Waals surface area (Å²) in [6.45, 7) is 7.88. The lowest BCUT2D eigenvalue weighted by molar-refractivity contribution is 0.602. The van der Waals surface area contributed by atoms with Gasteiger partial charge in [-0.3, -0.25) is 0 Å². The molecule has 4 nitrogen and oxygen atoms in total. The molecule has 4 heteroatoms. The zero-order valence-corrected chi connectivity index (χ0v) is 10.5. The van der Waals surface area contributed by atoms with Crippen LogP contribution in [0.4, 0.5) is 5.95 Å². The highest BCUT2D eigenvalue weighted by molar-refractivity contribution is 5.31. The van der Waals surface area contributed by atoms with Crippen LogP contribution in [0.3, 0.4) is 0 Å². The molecule has 0 radical (unpaired) electrons. The van der Waals surface area contributed by atoms with Crippen molar-refractivity contribution in [3.05, 3.63) is 18.0 Å². The Bertz CT molecular complexity index is 314. The first-order chi connectivity index (χ1) is 7.72. The minimum absolute atomic E-state index is 0.427. The van der Waals surface area contributed by atoms with Gasteiger partial charge in [0.1, 0.15) is 0 Å². The van der Waals surface area contributed by atoms with Gasteiger partial charge in [0.2, 0.25) is 5.95 Å². The Morgan fingerprint density at radius 3 is 2.75 bits per heavy atom. The van der Waals surface area contributed by atoms with E-state index in [1.807, 2.05) is 12.3 Å². The predicted octanol–water partition coefficient (Wildman–Crippen LogP) is 1.60. The first kappa shape index (κ1) is 12.9. The van der Waals surface area contributed by atoms with E-state index in [1.165, 1.54) is 0 Å². The largest absolute Gasteiger partial charge is 0.337 e. The minimum atomic E-state index is 0.427. The number of aromatic nitrogens is 2. The molecule has 90 valence electrons. The second kappa shape index (κ2) is 6.43. The van der Waals surface area contributed by atoms with Crippen molar-refractivity contribution in [2.75, 3.05) is 18.0 Å². The third kappa shape index (κ3) is 3.17. The number of hydrogen-bond donors (Lipinski definition) is 1. The predicted molar refractivity (Wildman–Crippen MR) is 67.6 cm³/mol. The molecule has 0 aromatic carbocycles. The summed E-state index contributed by atoms with van der Waals surface area (Å²) in [5, 5.41) is 0. The highest BCUT2D eigenvalue weighted by atomic mass is 15.3. The molecule has 0 aliphatic carbocycles. The third-order valence-corrected chi connectivity index (χ3v) is 2.81. The lowest BCUT2D eigenvalue weighted by atomic mass is 10.2. The molecule has 0 aliphatic rings. The fourth-order valence-corrected chi connectivity index (χ4v) is 1.60. The van der Waals surface area contributed by atoms with Gasteiger partial charge in [-0.15, -0.1) is 0 Å². The summed E-state index contributed by atoms with van der Waals surface area (Å²) >= 11 is 0. The Hall–Kier alpha value is -1.16. The van der Waals surface area contributed by atoms with Crippen LogP contribution in [0, 0.1) is 0 Å². The molecule has 0 amide bonds. The first-order valence-corrected chi connectivity index (χ1v) is 6.01. The number of rotatable bonds is 6. The molecule has 0 spiro atoms. The van der Waals surface area contributed by atoms with E-state index in [0.717, 1.165) is 31.0 Å². The van der Waals surface area contributed by atoms with Crippen molar-refractivity contribution in [3.63, 3.8) is 0 Å². The van der Waals surface area contributed by atoms with Crippen molar-refractivity contribution in [2.24, 2.45) is 5.73 Å². The Morgan fingerprint density at radius 1 is 1.44 bits per heavy atom. The van der Waals surface area contributed by atoms with E-state index in [-0.39, 0.29) is 0 Å². The van der Waals surface area contributed by atoms with Gasteiger partial charge in [0.15, 0.2) is 0 Å². The fourth-order valence-electron chi connectivity index (χ4n) is 1.60. The molecule has 1 rings (SSSR count). The van der Waals surface area contributed by atoms with Crippen LogP contribution >= 0.6 is 0 Å².